The van der Waals surface area contributed by atoms with Gasteiger partial charge in [0.05, 0.1) is 0 Å². The van der Waals surface area contributed by atoms with Crippen LogP contribution in [0.3, 0.4) is 0 Å². The minimum absolute atomic E-state index is 0.0411. The summed E-state index contributed by atoms with van der Waals surface area (Å²) in [5.41, 5.74) is 3.06. The van der Waals surface area contributed by atoms with E-state index >= 15 is 0 Å². The number of aromatic amines is 1. The van der Waals surface area contributed by atoms with Gasteiger partial charge >= 0.3 is 0 Å². The average Bonchev–Trinajstić information content (AvgIpc) is 3.07. The van der Waals surface area contributed by atoms with Crippen molar-refractivity contribution in [3.8, 4) is 0 Å². The first-order valence-electron chi connectivity index (χ1n) is 9.17. The summed E-state index contributed by atoms with van der Waals surface area (Å²) >= 11 is 6.01. The average molecular weight is 387 g/mol. The lowest BCUT2D eigenvalue weighted by Gasteiger charge is -2.13. The van der Waals surface area contributed by atoms with Gasteiger partial charge < -0.3 is 15.4 Å². The van der Waals surface area contributed by atoms with Crippen LogP contribution in [-0.2, 0) is 11.2 Å². The van der Waals surface area contributed by atoms with Crippen LogP contribution in [0.15, 0.2) is 47.3 Å². The molecule has 1 saturated heterocycles. The molecule has 5 nitrogen and oxygen atoms in total. The smallest absolute Gasteiger partial charge is 0.251 e. The van der Waals surface area contributed by atoms with Crippen LogP contribution in [0.5, 0.6) is 0 Å². The first-order valence-corrected chi connectivity index (χ1v) is 9.55. The van der Waals surface area contributed by atoms with Crippen molar-refractivity contribution in [3.63, 3.8) is 0 Å². The molecule has 6 heteroatoms. The molecule has 27 heavy (non-hydrogen) atoms. The Bertz CT molecular complexity index is 887. The Morgan fingerprint density at radius 1 is 1.15 bits per heavy atom. The molecule has 0 unspecified atom stereocenters. The fourth-order valence-corrected chi connectivity index (χ4v) is 3.35. The molecule has 1 aromatic carbocycles. The van der Waals surface area contributed by atoms with Crippen LogP contribution in [0.4, 0.5) is 0 Å². The van der Waals surface area contributed by atoms with Crippen molar-refractivity contribution >= 4 is 23.1 Å². The van der Waals surface area contributed by atoms with E-state index in [4.69, 9.17) is 16.7 Å². The molecule has 1 aliphatic heterocycles. The number of pyridine rings is 1. The van der Waals surface area contributed by atoms with Gasteiger partial charge in [0.25, 0.3) is 5.56 Å². The van der Waals surface area contributed by atoms with Crippen molar-refractivity contribution in [1.82, 2.24) is 10.3 Å². The quantitative estimate of drug-likeness (QED) is 0.639. The predicted octanol–water partition coefficient (Wildman–Crippen LogP) is 3.05. The lowest BCUT2D eigenvalue weighted by atomic mass is 9.98. The van der Waals surface area contributed by atoms with Gasteiger partial charge in [-0.15, -0.1) is 0 Å². The second kappa shape index (κ2) is 9.02. The summed E-state index contributed by atoms with van der Waals surface area (Å²) in [5.74, 6) is 0.0411. The van der Waals surface area contributed by atoms with Crippen LogP contribution < -0.4 is 10.9 Å². The van der Waals surface area contributed by atoms with Gasteiger partial charge in [0.15, 0.2) is 0 Å². The molecule has 2 aromatic rings. The summed E-state index contributed by atoms with van der Waals surface area (Å²) < 4.78 is 0. The third-order valence-electron chi connectivity index (χ3n) is 4.69. The van der Waals surface area contributed by atoms with Crippen LogP contribution in [0.25, 0.3) is 5.57 Å². The number of benzene rings is 1. The van der Waals surface area contributed by atoms with Crippen molar-refractivity contribution in [2.45, 2.75) is 38.1 Å². The Morgan fingerprint density at radius 3 is 2.56 bits per heavy atom. The molecule has 0 spiro atoms. The zero-order chi connectivity index (χ0) is 19.2. The van der Waals surface area contributed by atoms with Crippen LogP contribution in [0, 0.1) is 0 Å². The highest BCUT2D eigenvalue weighted by Crippen LogP contribution is 2.25. The van der Waals surface area contributed by atoms with Gasteiger partial charge in [-0.05, 0) is 49.4 Å². The van der Waals surface area contributed by atoms with Crippen LogP contribution >= 0.6 is 11.6 Å². The number of H-pyrrole nitrogens is 1. The van der Waals surface area contributed by atoms with Crippen LogP contribution in [-0.4, -0.2) is 28.6 Å². The van der Waals surface area contributed by atoms with Gasteiger partial charge in [-0.3, -0.25) is 9.59 Å². The first-order chi connectivity index (χ1) is 13.1. The molecule has 0 bridgehead atoms. The number of unbranched alkanes of at least 4 members (excludes halogenated alkanes) is 1. The third kappa shape index (κ3) is 5.08. The van der Waals surface area contributed by atoms with Crippen molar-refractivity contribution < 1.29 is 9.90 Å². The Morgan fingerprint density at radius 2 is 1.93 bits per heavy atom. The molecule has 1 atom stereocenters. The standard InChI is InChI=1S/C21H23ClN2O3/c22-16-7-4-14(5-8-16)18(13-17-9-11-20(26)23-17)19-10-6-15(21(27)24-19)3-1-2-12-25/h4-8,10,13,17,25H,1-3,9,11-12H2,(H,23,26)(H,24,27)/b18-13+/t17-/m1/s1. The lowest BCUT2D eigenvalue weighted by Crippen LogP contribution is -2.23. The van der Waals surface area contributed by atoms with Gasteiger partial charge in [0.1, 0.15) is 0 Å². The molecule has 0 radical (unpaired) electrons. The van der Waals surface area contributed by atoms with E-state index in [1.165, 1.54) is 0 Å². The summed E-state index contributed by atoms with van der Waals surface area (Å²) in [6.45, 7) is 0.131. The van der Waals surface area contributed by atoms with E-state index in [1.807, 2.05) is 30.3 Å². The number of aliphatic hydroxyl groups is 1. The summed E-state index contributed by atoms with van der Waals surface area (Å²) in [6.07, 6.45) is 5.32. The third-order valence-corrected chi connectivity index (χ3v) is 4.94. The topological polar surface area (TPSA) is 82.2 Å². The SMILES string of the molecule is O=C1CC[C@H](/C=C(\c2ccc(Cl)cc2)c2ccc(CCCCO)c(=O)[nH]2)N1. The number of hydrogen-bond acceptors (Lipinski definition) is 3. The number of amides is 1. The molecule has 1 aliphatic rings. The molecule has 0 aliphatic carbocycles. The lowest BCUT2D eigenvalue weighted by molar-refractivity contribution is -0.119. The van der Waals surface area contributed by atoms with Crippen LogP contribution in [0.1, 0.15) is 42.5 Å². The minimum Gasteiger partial charge on any atom is -0.396 e. The van der Waals surface area contributed by atoms with E-state index < -0.39 is 0 Å². The van der Waals surface area contributed by atoms with Gasteiger partial charge in [-0.1, -0.05) is 35.9 Å². The number of aromatic nitrogens is 1. The number of aliphatic hydroxyl groups excluding tert-OH is 1. The summed E-state index contributed by atoms with van der Waals surface area (Å²) in [6, 6.07) is 11.1. The molecular weight excluding hydrogens is 364 g/mol. The van der Waals surface area contributed by atoms with Crippen molar-refractivity contribution in [1.29, 1.82) is 0 Å². The number of carbonyl (C=O) groups excluding carboxylic acids is 1. The van der Waals surface area contributed by atoms with E-state index in [0.29, 0.717) is 35.5 Å². The Balaban J connectivity index is 1.94. The molecule has 1 aromatic heterocycles. The highest BCUT2D eigenvalue weighted by Gasteiger charge is 2.20. The summed E-state index contributed by atoms with van der Waals surface area (Å²) in [4.78, 5) is 27.0. The van der Waals surface area contributed by atoms with E-state index in [-0.39, 0.29) is 24.1 Å². The summed E-state index contributed by atoms with van der Waals surface area (Å²) in [5, 5.41) is 12.5. The van der Waals surface area contributed by atoms with Crippen molar-refractivity contribution in [2.75, 3.05) is 6.61 Å². The molecule has 3 rings (SSSR count). The van der Waals surface area contributed by atoms with E-state index in [1.54, 1.807) is 12.1 Å². The fraction of sp³-hybridized carbons (Fsp3) is 0.333. The minimum atomic E-state index is -0.124. The second-order valence-electron chi connectivity index (χ2n) is 6.71. The number of carbonyl (C=O) groups is 1. The maximum Gasteiger partial charge on any atom is 0.251 e. The van der Waals surface area contributed by atoms with Crippen molar-refractivity contribution in [3.05, 3.63) is 74.7 Å². The van der Waals surface area contributed by atoms with Gasteiger partial charge in [0.2, 0.25) is 5.91 Å². The Hall–Kier alpha value is -2.37. The molecular formula is C21H23ClN2O3. The molecule has 1 amide bonds. The maximum absolute atomic E-state index is 12.5. The number of hydrogen-bond donors (Lipinski definition) is 3. The molecule has 1 fully saturated rings. The fourth-order valence-electron chi connectivity index (χ4n) is 3.22. The van der Waals surface area contributed by atoms with Gasteiger partial charge in [-0.2, -0.15) is 0 Å². The molecule has 3 N–H and O–H groups in total. The number of nitrogens with one attached hydrogen (secondary N) is 2. The van der Waals surface area contributed by atoms with E-state index in [9.17, 15) is 9.59 Å². The first kappa shape index (κ1) is 19.4. The molecule has 2 heterocycles. The number of halogens is 1. The van der Waals surface area contributed by atoms with Gasteiger partial charge in [0, 0.05) is 40.9 Å². The molecule has 0 saturated carbocycles. The maximum atomic E-state index is 12.5. The summed E-state index contributed by atoms with van der Waals surface area (Å²) in [7, 11) is 0. The molecule has 142 valence electrons. The number of aryl methyl sites for hydroxylation is 1. The zero-order valence-corrected chi connectivity index (χ0v) is 15.8. The highest BCUT2D eigenvalue weighted by molar-refractivity contribution is 6.30. The largest absolute Gasteiger partial charge is 0.396 e. The highest BCUT2D eigenvalue weighted by atomic mass is 35.5. The van der Waals surface area contributed by atoms with E-state index in [0.717, 1.165) is 24.0 Å². The number of rotatable bonds is 7. The Kier molecular flexibility index (Phi) is 6.48. The Labute approximate surface area is 163 Å². The monoisotopic (exact) mass is 386 g/mol. The predicted molar refractivity (Wildman–Crippen MR) is 107 cm³/mol. The van der Waals surface area contributed by atoms with Gasteiger partial charge in [-0.25, -0.2) is 0 Å². The second-order valence-corrected chi connectivity index (χ2v) is 7.14. The zero-order valence-electron chi connectivity index (χ0n) is 15.0. The van der Waals surface area contributed by atoms with E-state index in [2.05, 4.69) is 10.3 Å². The normalized spacial score (nSPS) is 17.2. The van der Waals surface area contributed by atoms with Crippen molar-refractivity contribution in [2.24, 2.45) is 0 Å². The van der Waals surface area contributed by atoms with Crippen LogP contribution in [0.2, 0.25) is 5.02 Å².